The monoisotopic (exact) mass is 286 g/mol. The summed E-state index contributed by atoms with van der Waals surface area (Å²) in [5.41, 5.74) is 1.06. The maximum Gasteiger partial charge on any atom is 0.477 e. The Hall–Kier alpha value is -1.95. The van der Waals surface area contributed by atoms with Gasteiger partial charge in [0, 0.05) is 0 Å². The predicted molar refractivity (Wildman–Crippen MR) is 82.3 cm³/mol. The molecule has 7 heteroatoms. The van der Waals surface area contributed by atoms with Crippen LogP contribution in [0.2, 0.25) is 0 Å². The number of hydrogen-bond acceptors (Lipinski definition) is 5. The highest BCUT2D eigenvalue weighted by molar-refractivity contribution is 6.73. The Morgan fingerprint density at radius 3 is 1.29 bits per heavy atom. The van der Waals surface area contributed by atoms with Gasteiger partial charge in [-0.3, -0.25) is 0 Å². The molecule has 2 N–H and O–H groups in total. The van der Waals surface area contributed by atoms with E-state index in [0.717, 1.165) is 0 Å². The molecular formula is C14H16B2O5. The summed E-state index contributed by atoms with van der Waals surface area (Å²) in [4.78, 5) is 0. The van der Waals surface area contributed by atoms with Crippen LogP contribution in [0.15, 0.2) is 48.5 Å². The third-order valence-electron chi connectivity index (χ3n) is 3.06. The van der Waals surface area contributed by atoms with Crippen LogP contribution in [-0.4, -0.2) is 38.5 Å². The second-order valence-corrected chi connectivity index (χ2v) is 4.39. The van der Waals surface area contributed by atoms with Gasteiger partial charge in [0.25, 0.3) is 0 Å². The average molecular weight is 286 g/mol. The molecule has 21 heavy (non-hydrogen) atoms. The van der Waals surface area contributed by atoms with Crippen molar-refractivity contribution in [2.24, 2.45) is 0 Å². The molecule has 0 heterocycles. The van der Waals surface area contributed by atoms with Gasteiger partial charge < -0.3 is 24.1 Å². The molecule has 0 aromatic heterocycles. The van der Waals surface area contributed by atoms with Gasteiger partial charge in [0.15, 0.2) is 0 Å². The summed E-state index contributed by atoms with van der Waals surface area (Å²) >= 11 is 0. The fraction of sp³-hybridized carbons (Fsp3) is 0.143. The first kappa shape index (κ1) is 15.4. The summed E-state index contributed by atoms with van der Waals surface area (Å²) in [6, 6.07) is 13.5. The van der Waals surface area contributed by atoms with Crippen LogP contribution in [-0.2, 0) is 4.57 Å². The van der Waals surface area contributed by atoms with Crippen molar-refractivity contribution in [3.05, 3.63) is 48.5 Å². The summed E-state index contributed by atoms with van der Waals surface area (Å²) in [7, 11) is 0.672. The zero-order chi connectivity index (χ0) is 15.2. The largest absolute Gasteiger partial charge is 0.497 e. The molecule has 0 saturated heterocycles. The Labute approximate surface area is 124 Å². The number of benzene rings is 2. The van der Waals surface area contributed by atoms with E-state index >= 15 is 0 Å². The number of rotatable bonds is 6. The van der Waals surface area contributed by atoms with Crippen molar-refractivity contribution in [3.63, 3.8) is 0 Å². The molecule has 0 unspecified atom stereocenters. The molecule has 2 aromatic carbocycles. The molecule has 5 nitrogen and oxygen atoms in total. The lowest BCUT2D eigenvalue weighted by Crippen LogP contribution is -2.44. The first-order valence-electron chi connectivity index (χ1n) is 6.43. The van der Waals surface area contributed by atoms with E-state index < -0.39 is 14.2 Å². The lowest BCUT2D eigenvalue weighted by atomic mass is 9.71. The first-order valence-corrected chi connectivity index (χ1v) is 6.43. The fourth-order valence-corrected chi connectivity index (χ4v) is 1.82. The van der Waals surface area contributed by atoms with Crippen molar-refractivity contribution >= 4 is 25.2 Å². The zero-order valence-corrected chi connectivity index (χ0v) is 11.9. The molecule has 0 fully saturated rings. The van der Waals surface area contributed by atoms with Gasteiger partial charge in [0.2, 0.25) is 0 Å². The van der Waals surface area contributed by atoms with Crippen molar-refractivity contribution < 1.29 is 24.1 Å². The minimum absolute atomic E-state index is 0.531. The SMILES string of the molecule is COc1ccc(B(O)OB(O)c2ccc(OC)cc2)cc1. The molecule has 2 rings (SSSR count). The number of methoxy groups -OCH3 is 2. The van der Waals surface area contributed by atoms with Crippen LogP contribution in [0.4, 0.5) is 0 Å². The van der Waals surface area contributed by atoms with Gasteiger partial charge in [-0.25, -0.2) is 0 Å². The van der Waals surface area contributed by atoms with Gasteiger partial charge >= 0.3 is 14.2 Å². The van der Waals surface area contributed by atoms with Gasteiger partial charge in [-0.15, -0.1) is 0 Å². The smallest absolute Gasteiger partial charge is 0.477 e. The molecule has 0 spiro atoms. The molecule has 0 bridgehead atoms. The normalized spacial score (nSPS) is 10.1. The molecule has 0 atom stereocenters. The topological polar surface area (TPSA) is 68.2 Å². The van der Waals surface area contributed by atoms with E-state index in [1.165, 1.54) is 0 Å². The van der Waals surface area contributed by atoms with Gasteiger partial charge in [-0.05, 0) is 35.2 Å². The van der Waals surface area contributed by atoms with Crippen molar-refractivity contribution in [3.8, 4) is 11.5 Å². The van der Waals surface area contributed by atoms with E-state index in [1.807, 2.05) is 0 Å². The van der Waals surface area contributed by atoms with E-state index in [-0.39, 0.29) is 0 Å². The molecule has 0 saturated carbocycles. The number of hydrogen-bond donors (Lipinski definition) is 2. The van der Waals surface area contributed by atoms with E-state index in [1.54, 1.807) is 62.8 Å². The Kier molecular flexibility index (Phi) is 5.27. The van der Waals surface area contributed by atoms with E-state index in [2.05, 4.69) is 0 Å². The van der Waals surface area contributed by atoms with Gasteiger partial charge in [-0.2, -0.15) is 0 Å². The molecule has 0 aliphatic heterocycles. The Morgan fingerprint density at radius 1 is 0.667 bits per heavy atom. The average Bonchev–Trinajstić information content (AvgIpc) is 2.55. The van der Waals surface area contributed by atoms with Crippen molar-refractivity contribution in [1.29, 1.82) is 0 Å². The highest BCUT2D eigenvalue weighted by atomic mass is 16.5. The summed E-state index contributed by atoms with van der Waals surface area (Å²) in [6.07, 6.45) is 0. The second kappa shape index (κ2) is 7.17. The Balaban J connectivity index is 2.01. The summed E-state index contributed by atoms with van der Waals surface area (Å²) in [6.45, 7) is 0. The van der Waals surface area contributed by atoms with Crippen molar-refractivity contribution in [1.82, 2.24) is 0 Å². The molecule has 2 aromatic rings. The van der Waals surface area contributed by atoms with E-state index in [4.69, 9.17) is 14.0 Å². The quantitative estimate of drug-likeness (QED) is 0.720. The second-order valence-electron chi connectivity index (χ2n) is 4.39. The highest BCUT2D eigenvalue weighted by Gasteiger charge is 2.25. The first-order chi connectivity index (χ1) is 10.1. The van der Waals surface area contributed by atoms with Gasteiger partial charge in [0.1, 0.15) is 11.5 Å². The summed E-state index contributed by atoms with van der Waals surface area (Å²) in [5.74, 6) is 1.36. The maximum absolute atomic E-state index is 9.97. The number of ether oxygens (including phenoxy) is 2. The molecule has 0 amide bonds. The summed E-state index contributed by atoms with van der Waals surface area (Å²) < 4.78 is 15.3. The van der Waals surface area contributed by atoms with Crippen molar-refractivity contribution in [2.75, 3.05) is 14.2 Å². The third-order valence-corrected chi connectivity index (χ3v) is 3.06. The van der Waals surface area contributed by atoms with Gasteiger partial charge in [-0.1, -0.05) is 24.3 Å². The third kappa shape index (κ3) is 4.01. The van der Waals surface area contributed by atoms with Crippen LogP contribution in [0.3, 0.4) is 0 Å². The van der Waals surface area contributed by atoms with Crippen LogP contribution in [0.5, 0.6) is 11.5 Å². The van der Waals surface area contributed by atoms with Crippen LogP contribution >= 0.6 is 0 Å². The zero-order valence-electron chi connectivity index (χ0n) is 11.9. The molecule has 0 aliphatic carbocycles. The van der Waals surface area contributed by atoms with Gasteiger partial charge in [0.05, 0.1) is 14.2 Å². The molecule has 0 radical (unpaired) electrons. The minimum atomic E-state index is -1.23. The lowest BCUT2D eigenvalue weighted by Gasteiger charge is -2.12. The standard InChI is InChI=1S/C14H16B2O5/c1-19-13-7-3-11(4-8-13)15(17)21-16(18)12-5-9-14(20-2)10-6-12/h3-10,17-18H,1-2H3. The maximum atomic E-state index is 9.97. The Bertz CT molecular complexity index is 507. The fourth-order valence-electron chi connectivity index (χ4n) is 1.82. The highest BCUT2D eigenvalue weighted by Crippen LogP contribution is 2.07. The van der Waals surface area contributed by atoms with E-state index in [9.17, 15) is 10.0 Å². The lowest BCUT2D eigenvalue weighted by molar-refractivity contribution is 0.378. The molecule has 108 valence electrons. The minimum Gasteiger partial charge on any atom is -0.497 e. The van der Waals surface area contributed by atoms with Crippen LogP contribution in [0.25, 0.3) is 0 Å². The van der Waals surface area contributed by atoms with Crippen LogP contribution < -0.4 is 20.4 Å². The Morgan fingerprint density at radius 2 is 1.00 bits per heavy atom. The molecule has 0 aliphatic rings. The summed E-state index contributed by atoms with van der Waals surface area (Å²) in [5, 5.41) is 19.9. The molecular weight excluding hydrogens is 270 g/mol. The van der Waals surface area contributed by atoms with E-state index in [0.29, 0.717) is 22.4 Å². The van der Waals surface area contributed by atoms with Crippen LogP contribution in [0, 0.1) is 0 Å². The predicted octanol–water partition coefficient (Wildman–Crippen LogP) is -0.204. The van der Waals surface area contributed by atoms with Crippen molar-refractivity contribution in [2.45, 2.75) is 0 Å². The van der Waals surface area contributed by atoms with Crippen LogP contribution in [0.1, 0.15) is 0 Å².